The molecule has 0 fully saturated rings. The van der Waals surface area contributed by atoms with Crippen LogP contribution >= 0.6 is 0 Å². The Morgan fingerprint density at radius 1 is 0.871 bits per heavy atom. The highest BCUT2D eigenvalue weighted by atomic mass is 16.7. The Kier molecular flexibility index (Phi) is 6.69. The third kappa shape index (κ3) is 4.74. The number of benzene rings is 2. The van der Waals surface area contributed by atoms with Crippen LogP contribution in [0.3, 0.4) is 0 Å². The number of esters is 1. The van der Waals surface area contributed by atoms with Crippen LogP contribution < -0.4 is 18.9 Å². The molecular formula is C23H25NO7. The molecule has 2 aromatic rings. The van der Waals surface area contributed by atoms with E-state index in [9.17, 15) is 4.79 Å². The Balaban J connectivity index is 2.13. The Bertz CT molecular complexity index is 984. The normalized spacial score (nSPS) is 15.8. The maximum Gasteiger partial charge on any atom is 0.310 e. The van der Waals surface area contributed by atoms with Gasteiger partial charge in [-0.1, -0.05) is 0 Å². The summed E-state index contributed by atoms with van der Waals surface area (Å²) in [6, 6.07) is 10.6. The average molecular weight is 427 g/mol. The second kappa shape index (κ2) is 9.42. The van der Waals surface area contributed by atoms with Crippen LogP contribution in [0.15, 0.2) is 42.3 Å². The summed E-state index contributed by atoms with van der Waals surface area (Å²) in [6.45, 7) is 1.39. The zero-order chi connectivity index (χ0) is 22.5. The van der Waals surface area contributed by atoms with E-state index >= 15 is 0 Å². The van der Waals surface area contributed by atoms with Gasteiger partial charge in [-0.25, -0.2) is 0 Å². The average Bonchev–Trinajstić information content (AvgIpc) is 2.78. The van der Waals surface area contributed by atoms with Gasteiger partial charge in [0.15, 0.2) is 0 Å². The van der Waals surface area contributed by atoms with Crippen LogP contribution in [0.25, 0.3) is 5.57 Å². The van der Waals surface area contributed by atoms with E-state index in [0.29, 0.717) is 34.1 Å². The van der Waals surface area contributed by atoms with Crippen molar-refractivity contribution in [2.75, 3.05) is 35.0 Å². The highest BCUT2D eigenvalue weighted by Crippen LogP contribution is 2.39. The molecule has 1 unspecified atom stereocenters. The number of methoxy groups -OCH3 is 4. The minimum atomic E-state index is -0.545. The van der Waals surface area contributed by atoms with Crippen LogP contribution in [0.5, 0.6) is 23.0 Å². The molecule has 164 valence electrons. The van der Waals surface area contributed by atoms with Gasteiger partial charge in [0.05, 0.1) is 45.6 Å². The Morgan fingerprint density at radius 3 is 1.81 bits per heavy atom. The highest BCUT2D eigenvalue weighted by molar-refractivity contribution is 6.26. The number of carbonyl (C=O) groups is 1. The van der Waals surface area contributed by atoms with Gasteiger partial charge in [0.2, 0.25) is 0 Å². The SMILES string of the molecule is COc1cc(OC)cc(C2=C(OC(C)=O)OCC(c3cc(OC)cc(OC)c3)C2=N)c1. The van der Waals surface area contributed by atoms with Crippen molar-refractivity contribution in [3.63, 3.8) is 0 Å². The van der Waals surface area contributed by atoms with Crippen molar-refractivity contribution in [3.8, 4) is 23.0 Å². The summed E-state index contributed by atoms with van der Waals surface area (Å²) in [6.07, 6.45) is 0. The number of ether oxygens (including phenoxy) is 6. The van der Waals surface area contributed by atoms with Gasteiger partial charge in [-0.3, -0.25) is 4.79 Å². The van der Waals surface area contributed by atoms with E-state index < -0.39 is 11.9 Å². The van der Waals surface area contributed by atoms with Crippen molar-refractivity contribution in [1.82, 2.24) is 0 Å². The standard InChI is InChI=1S/C23H25NO7/c1-13(25)31-23-21(15-8-18(28-4)11-19(9-15)29-5)22(24)20(12-30-23)14-6-16(26-2)10-17(7-14)27-3/h6-11,20,24H,12H2,1-5H3. The molecular weight excluding hydrogens is 402 g/mol. The first-order chi connectivity index (χ1) is 14.9. The fourth-order valence-electron chi connectivity index (χ4n) is 3.33. The first-order valence-electron chi connectivity index (χ1n) is 9.50. The van der Waals surface area contributed by atoms with Gasteiger partial charge < -0.3 is 33.8 Å². The van der Waals surface area contributed by atoms with Gasteiger partial charge in [-0.2, -0.15) is 0 Å². The summed E-state index contributed by atoms with van der Waals surface area (Å²) >= 11 is 0. The molecule has 2 aromatic carbocycles. The number of carbonyl (C=O) groups excluding carboxylic acids is 1. The number of nitrogens with one attached hydrogen (secondary N) is 1. The summed E-state index contributed by atoms with van der Waals surface area (Å²) in [5, 5.41) is 8.97. The lowest BCUT2D eigenvalue weighted by atomic mass is 9.86. The molecule has 0 radical (unpaired) electrons. The minimum Gasteiger partial charge on any atom is -0.497 e. The molecule has 3 rings (SSSR count). The van der Waals surface area contributed by atoms with Gasteiger partial charge in [0.25, 0.3) is 5.95 Å². The van der Waals surface area contributed by atoms with E-state index in [1.165, 1.54) is 21.1 Å². The fourth-order valence-corrected chi connectivity index (χ4v) is 3.33. The zero-order valence-corrected chi connectivity index (χ0v) is 18.1. The molecule has 8 nitrogen and oxygen atoms in total. The number of rotatable bonds is 7. The van der Waals surface area contributed by atoms with E-state index in [0.717, 1.165) is 5.56 Å². The summed E-state index contributed by atoms with van der Waals surface area (Å²) in [5.74, 6) is 1.23. The van der Waals surface area contributed by atoms with Gasteiger partial charge >= 0.3 is 5.97 Å². The quantitative estimate of drug-likeness (QED) is 0.672. The molecule has 0 saturated heterocycles. The maximum atomic E-state index is 11.7. The molecule has 1 N–H and O–H groups in total. The van der Waals surface area contributed by atoms with Crippen molar-refractivity contribution in [1.29, 1.82) is 5.41 Å². The minimum absolute atomic E-state index is 0.0288. The smallest absolute Gasteiger partial charge is 0.310 e. The van der Waals surface area contributed by atoms with Crippen molar-refractivity contribution >= 4 is 17.3 Å². The first kappa shape index (κ1) is 22.0. The van der Waals surface area contributed by atoms with Gasteiger partial charge in [0.1, 0.15) is 29.6 Å². The molecule has 0 saturated carbocycles. The van der Waals surface area contributed by atoms with Crippen molar-refractivity contribution < 1.29 is 33.2 Å². The van der Waals surface area contributed by atoms with E-state index in [-0.39, 0.29) is 18.3 Å². The topological polar surface area (TPSA) is 96.3 Å². The largest absolute Gasteiger partial charge is 0.497 e. The van der Waals surface area contributed by atoms with Crippen LogP contribution in [0.1, 0.15) is 24.0 Å². The van der Waals surface area contributed by atoms with Crippen LogP contribution in [0, 0.1) is 5.41 Å². The van der Waals surface area contributed by atoms with E-state index in [1.807, 2.05) is 12.1 Å². The lowest BCUT2D eigenvalue weighted by Gasteiger charge is -2.28. The van der Waals surface area contributed by atoms with Gasteiger partial charge in [-0.15, -0.1) is 0 Å². The first-order valence-corrected chi connectivity index (χ1v) is 9.50. The second-order valence-corrected chi connectivity index (χ2v) is 6.78. The Hall–Kier alpha value is -3.68. The maximum absolute atomic E-state index is 11.7. The molecule has 31 heavy (non-hydrogen) atoms. The van der Waals surface area contributed by atoms with E-state index in [2.05, 4.69) is 0 Å². The van der Waals surface area contributed by atoms with Crippen LogP contribution in [0.4, 0.5) is 0 Å². The predicted molar refractivity (Wildman–Crippen MR) is 114 cm³/mol. The predicted octanol–water partition coefficient (Wildman–Crippen LogP) is 3.79. The summed E-state index contributed by atoms with van der Waals surface area (Å²) in [7, 11) is 6.20. The number of hydrogen-bond acceptors (Lipinski definition) is 8. The van der Waals surface area contributed by atoms with Crippen molar-refractivity contribution in [2.24, 2.45) is 0 Å². The monoisotopic (exact) mass is 427 g/mol. The molecule has 1 atom stereocenters. The van der Waals surface area contributed by atoms with Crippen molar-refractivity contribution in [3.05, 3.63) is 53.5 Å². The number of hydrogen-bond donors (Lipinski definition) is 1. The highest BCUT2D eigenvalue weighted by Gasteiger charge is 2.33. The van der Waals surface area contributed by atoms with Gasteiger partial charge in [-0.05, 0) is 35.4 Å². The van der Waals surface area contributed by atoms with Crippen molar-refractivity contribution in [2.45, 2.75) is 12.8 Å². The fraction of sp³-hybridized carbons (Fsp3) is 0.304. The lowest BCUT2D eigenvalue weighted by molar-refractivity contribution is -0.142. The molecule has 0 spiro atoms. The summed E-state index contributed by atoms with van der Waals surface area (Å²) < 4.78 is 32.6. The Labute approximate surface area is 180 Å². The van der Waals surface area contributed by atoms with E-state index in [1.54, 1.807) is 38.5 Å². The molecule has 0 amide bonds. The molecule has 1 heterocycles. The van der Waals surface area contributed by atoms with E-state index in [4.69, 9.17) is 33.8 Å². The third-order valence-electron chi connectivity index (χ3n) is 4.86. The molecule has 1 aliphatic rings. The molecule has 0 aliphatic carbocycles. The Morgan fingerprint density at radius 2 is 1.35 bits per heavy atom. The molecule has 1 aliphatic heterocycles. The van der Waals surface area contributed by atoms with Gasteiger partial charge in [0, 0.05) is 19.1 Å². The van der Waals surface area contributed by atoms with Crippen LogP contribution in [0.2, 0.25) is 0 Å². The third-order valence-corrected chi connectivity index (χ3v) is 4.86. The second-order valence-electron chi connectivity index (χ2n) is 6.78. The molecule has 0 aromatic heterocycles. The molecule has 0 bridgehead atoms. The lowest BCUT2D eigenvalue weighted by Crippen LogP contribution is -2.27. The van der Waals surface area contributed by atoms with Crippen LogP contribution in [-0.4, -0.2) is 46.7 Å². The summed E-state index contributed by atoms with van der Waals surface area (Å²) in [5.41, 5.74) is 1.89. The zero-order valence-electron chi connectivity index (χ0n) is 18.1. The summed E-state index contributed by atoms with van der Waals surface area (Å²) in [4.78, 5) is 11.7. The molecule has 8 heteroatoms. The number of allylic oxidation sites excluding steroid dienone is 1. The van der Waals surface area contributed by atoms with Crippen LogP contribution in [-0.2, 0) is 14.3 Å².